The molecule has 1 saturated heterocycles. The summed E-state index contributed by atoms with van der Waals surface area (Å²) in [4.78, 5) is 10.0. The highest BCUT2D eigenvalue weighted by atomic mass is 35.5. The second kappa shape index (κ2) is 5.29. The predicted octanol–water partition coefficient (Wildman–Crippen LogP) is 4.62. The van der Waals surface area contributed by atoms with E-state index < -0.39 is 5.82 Å². The van der Waals surface area contributed by atoms with Gasteiger partial charge in [-0.3, -0.25) is 0 Å². The Bertz CT molecular complexity index is 781. The fraction of sp³-hybridized carbons (Fsp3) is 0.235. The molecule has 4 rings (SSSR count). The molecule has 3 nitrogen and oxygen atoms in total. The van der Waals surface area contributed by atoms with Crippen molar-refractivity contribution >= 4 is 28.3 Å². The maximum atomic E-state index is 13.5. The molecule has 0 amide bonds. The number of rotatable bonds is 2. The van der Waals surface area contributed by atoms with E-state index in [1.54, 1.807) is 6.07 Å². The fourth-order valence-electron chi connectivity index (χ4n) is 2.95. The van der Waals surface area contributed by atoms with Crippen molar-refractivity contribution in [2.75, 3.05) is 18.0 Å². The summed E-state index contributed by atoms with van der Waals surface area (Å²) in [6, 6.07) is 11.2. The van der Waals surface area contributed by atoms with Gasteiger partial charge in [0, 0.05) is 30.4 Å². The molecule has 2 aromatic carbocycles. The number of benzene rings is 2. The number of anilines is 1. The smallest absolute Gasteiger partial charge is 0.144 e. The molecule has 2 heterocycles. The van der Waals surface area contributed by atoms with E-state index in [9.17, 15) is 4.39 Å². The first-order chi connectivity index (χ1) is 10.7. The zero-order valence-electron chi connectivity index (χ0n) is 11.9. The van der Waals surface area contributed by atoms with Gasteiger partial charge in [0.2, 0.25) is 0 Å². The third-order valence-electron chi connectivity index (χ3n) is 4.14. The second-order valence-corrected chi connectivity index (χ2v) is 6.02. The first-order valence-corrected chi connectivity index (χ1v) is 7.79. The highest BCUT2D eigenvalue weighted by Gasteiger charge is 2.13. The van der Waals surface area contributed by atoms with Crippen molar-refractivity contribution in [2.45, 2.75) is 12.8 Å². The lowest BCUT2D eigenvalue weighted by atomic mass is 10.2. The SMILES string of the molecule is Fc1cc2[nH]c(-c3ccc(N4CCCC4)cc3)nc2cc1Cl. The van der Waals surface area contributed by atoms with Crippen molar-refractivity contribution in [3.8, 4) is 11.4 Å². The van der Waals surface area contributed by atoms with Gasteiger partial charge in [0.15, 0.2) is 0 Å². The molecule has 0 bridgehead atoms. The summed E-state index contributed by atoms with van der Waals surface area (Å²) in [5.74, 6) is 0.290. The summed E-state index contributed by atoms with van der Waals surface area (Å²) in [5.41, 5.74) is 3.55. The zero-order valence-corrected chi connectivity index (χ0v) is 12.7. The zero-order chi connectivity index (χ0) is 15.1. The summed E-state index contributed by atoms with van der Waals surface area (Å²) in [5, 5.41) is 0.0925. The number of halogens is 2. The number of H-pyrrole nitrogens is 1. The van der Waals surface area contributed by atoms with Crippen molar-refractivity contribution < 1.29 is 4.39 Å². The minimum absolute atomic E-state index is 0.0925. The fourth-order valence-corrected chi connectivity index (χ4v) is 3.10. The van der Waals surface area contributed by atoms with Gasteiger partial charge >= 0.3 is 0 Å². The van der Waals surface area contributed by atoms with Crippen LogP contribution in [0.2, 0.25) is 5.02 Å². The molecule has 1 aliphatic rings. The Kier molecular flexibility index (Phi) is 3.26. The average Bonchev–Trinajstić information content (AvgIpc) is 3.17. The molecule has 0 atom stereocenters. The van der Waals surface area contributed by atoms with Crippen LogP contribution in [0.5, 0.6) is 0 Å². The molecule has 3 aromatic rings. The Morgan fingerprint density at radius 1 is 1.09 bits per heavy atom. The maximum absolute atomic E-state index is 13.5. The summed E-state index contributed by atoms with van der Waals surface area (Å²) in [6.07, 6.45) is 2.52. The van der Waals surface area contributed by atoms with Gasteiger partial charge < -0.3 is 9.88 Å². The maximum Gasteiger partial charge on any atom is 0.144 e. The molecule has 0 spiro atoms. The van der Waals surface area contributed by atoms with Gasteiger partial charge in [-0.1, -0.05) is 11.6 Å². The summed E-state index contributed by atoms with van der Waals surface area (Å²) in [7, 11) is 0. The highest BCUT2D eigenvalue weighted by Crippen LogP contribution is 2.27. The number of hydrogen-bond donors (Lipinski definition) is 1. The van der Waals surface area contributed by atoms with E-state index in [4.69, 9.17) is 11.6 Å². The topological polar surface area (TPSA) is 31.9 Å². The van der Waals surface area contributed by atoms with Crippen LogP contribution in [0, 0.1) is 5.82 Å². The number of hydrogen-bond acceptors (Lipinski definition) is 2. The lowest BCUT2D eigenvalue weighted by molar-refractivity contribution is 0.630. The Balaban J connectivity index is 1.69. The Morgan fingerprint density at radius 3 is 2.55 bits per heavy atom. The predicted molar refractivity (Wildman–Crippen MR) is 87.9 cm³/mol. The normalized spacial score (nSPS) is 14.9. The first kappa shape index (κ1) is 13.6. The van der Waals surface area contributed by atoms with E-state index in [0.29, 0.717) is 11.0 Å². The molecular formula is C17H15ClFN3. The van der Waals surface area contributed by atoms with E-state index in [2.05, 4.69) is 27.0 Å². The minimum Gasteiger partial charge on any atom is -0.372 e. The summed E-state index contributed by atoms with van der Waals surface area (Å²) in [6.45, 7) is 2.25. The van der Waals surface area contributed by atoms with Gasteiger partial charge in [0.05, 0.1) is 16.1 Å². The molecular weight excluding hydrogens is 301 g/mol. The molecule has 22 heavy (non-hydrogen) atoms. The Morgan fingerprint density at radius 2 is 1.82 bits per heavy atom. The molecule has 0 unspecified atom stereocenters. The van der Waals surface area contributed by atoms with E-state index in [1.807, 2.05) is 12.1 Å². The van der Waals surface area contributed by atoms with Crippen molar-refractivity contribution in [1.82, 2.24) is 9.97 Å². The molecule has 0 aliphatic carbocycles. The molecule has 1 aromatic heterocycles. The van der Waals surface area contributed by atoms with Crippen LogP contribution in [-0.4, -0.2) is 23.1 Å². The third-order valence-corrected chi connectivity index (χ3v) is 4.43. The largest absolute Gasteiger partial charge is 0.372 e. The Hall–Kier alpha value is -2.07. The van der Waals surface area contributed by atoms with Gasteiger partial charge in [-0.2, -0.15) is 0 Å². The van der Waals surface area contributed by atoms with Crippen LogP contribution in [0.1, 0.15) is 12.8 Å². The van der Waals surface area contributed by atoms with Gasteiger partial charge in [0.1, 0.15) is 11.6 Å². The standard InChI is InChI=1S/C17H15ClFN3/c18-13-9-15-16(10-14(13)19)21-17(20-15)11-3-5-12(6-4-11)22-7-1-2-8-22/h3-6,9-10H,1-2,7-8H2,(H,20,21). The van der Waals surface area contributed by atoms with Gasteiger partial charge in [-0.05, 0) is 43.2 Å². The van der Waals surface area contributed by atoms with E-state index >= 15 is 0 Å². The lowest BCUT2D eigenvalue weighted by Crippen LogP contribution is -2.17. The molecule has 1 aliphatic heterocycles. The van der Waals surface area contributed by atoms with Crippen LogP contribution in [0.25, 0.3) is 22.4 Å². The third kappa shape index (κ3) is 2.33. The number of nitrogens with one attached hydrogen (secondary N) is 1. The van der Waals surface area contributed by atoms with Crippen molar-refractivity contribution in [3.05, 3.63) is 47.2 Å². The molecule has 1 fully saturated rings. The van der Waals surface area contributed by atoms with Crippen molar-refractivity contribution in [3.63, 3.8) is 0 Å². The van der Waals surface area contributed by atoms with Gasteiger partial charge in [-0.25, -0.2) is 9.37 Å². The minimum atomic E-state index is -0.436. The number of fused-ring (bicyclic) bond motifs is 1. The van der Waals surface area contributed by atoms with Crippen LogP contribution in [0.4, 0.5) is 10.1 Å². The van der Waals surface area contributed by atoms with Gasteiger partial charge in [-0.15, -0.1) is 0 Å². The lowest BCUT2D eigenvalue weighted by Gasteiger charge is -2.17. The first-order valence-electron chi connectivity index (χ1n) is 7.41. The molecule has 0 radical (unpaired) electrons. The van der Waals surface area contributed by atoms with Gasteiger partial charge in [0.25, 0.3) is 0 Å². The molecule has 112 valence electrons. The molecule has 5 heteroatoms. The number of imidazole rings is 1. The van der Waals surface area contributed by atoms with Crippen LogP contribution in [0.15, 0.2) is 36.4 Å². The summed E-state index contributed by atoms with van der Waals surface area (Å²) < 4.78 is 13.5. The van der Waals surface area contributed by atoms with E-state index in [-0.39, 0.29) is 5.02 Å². The highest BCUT2D eigenvalue weighted by molar-refractivity contribution is 6.31. The van der Waals surface area contributed by atoms with Crippen LogP contribution in [0.3, 0.4) is 0 Å². The van der Waals surface area contributed by atoms with Crippen molar-refractivity contribution in [2.24, 2.45) is 0 Å². The van der Waals surface area contributed by atoms with Crippen LogP contribution >= 0.6 is 11.6 Å². The second-order valence-electron chi connectivity index (χ2n) is 5.61. The van der Waals surface area contributed by atoms with E-state index in [0.717, 1.165) is 24.5 Å². The monoisotopic (exact) mass is 315 g/mol. The van der Waals surface area contributed by atoms with E-state index in [1.165, 1.54) is 24.6 Å². The molecule has 1 N–H and O–H groups in total. The number of nitrogens with zero attached hydrogens (tertiary/aromatic N) is 2. The molecule has 0 saturated carbocycles. The Labute approximate surface area is 132 Å². The average molecular weight is 316 g/mol. The van der Waals surface area contributed by atoms with Crippen molar-refractivity contribution in [1.29, 1.82) is 0 Å². The number of aromatic amines is 1. The summed E-state index contributed by atoms with van der Waals surface area (Å²) >= 11 is 5.80. The van der Waals surface area contributed by atoms with Crippen LogP contribution in [-0.2, 0) is 0 Å². The number of aromatic nitrogens is 2. The van der Waals surface area contributed by atoms with Crippen LogP contribution < -0.4 is 4.90 Å². The quantitative estimate of drug-likeness (QED) is 0.748.